The molecule has 0 aromatic heterocycles. The molecule has 0 radical (unpaired) electrons. The first kappa shape index (κ1) is 13.0. The summed E-state index contributed by atoms with van der Waals surface area (Å²) in [4.78, 5) is 12.3. The molecule has 1 aromatic carbocycles. The molecule has 0 bridgehead atoms. The lowest BCUT2D eigenvalue weighted by Crippen LogP contribution is -2.32. The number of hydrogen-bond donors (Lipinski definition) is 2. The van der Waals surface area contributed by atoms with Gasteiger partial charge in [-0.15, -0.1) is 0 Å². The van der Waals surface area contributed by atoms with E-state index in [0.717, 1.165) is 31.6 Å². The van der Waals surface area contributed by atoms with Gasteiger partial charge >= 0.3 is 0 Å². The minimum absolute atomic E-state index is 0.107. The van der Waals surface area contributed by atoms with Crippen molar-refractivity contribution in [3.63, 3.8) is 0 Å². The van der Waals surface area contributed by atoms with Crippen molar-refractivity contribution in [2.75, 3.05) is 24.6 Å². The van der Waals surface area contributed by atoms with Crippen LogP contribution in [0, 0.1) is 5.92 Å². The molecule has 0 saturated carbocycles. The Hall–Kier alpha value is -1.00. The third-order valence-electron chi connectivity index (χ3n) is 3.96. The van der Waals surface area contributed by atoms with Gasteiger partial charge in [-0.2, -0.15) is 11.8 Å². The number of amides is 1. The van der Waals surface area contributed by atoms with Crippen LogP contribution >= 0.6 is 11.8 Å². The molecule has 19 heavy (non-hydrogen) atoms. The van der Waals surface area contributed by atoms with E-state index in [4.69, 9.17) is 0 Å². The molecule has 0 aliphatic carbocycles. The minimum Gasteiger partial charge on any atom is -0.352 e. The quantitative estimate of drug-likeness (QED) is 0.885. The van der Waals surface area contributed by atoms with E-state index < -0.39 is 0 Å². The molecule has 1 unspecified atom stereocenters. The van der Waals surface area contributed by atoms with E-state index >= 15 is 0 Å². The molecule has 2 aliphatic rings. The first-order valence-electron chi connectivity index (χ1n) is 7.02. The summed E-state index contributed by atoms with van der Waals surface area (Å²) in [5, 5.41) is 6.47. The molecule has 102 valence electrons. The molecule has 0 spiro atoms. The van der Waals surface area contributed by atoms with Gasteiger partial charge in [-0.05, 0) is 54.0 Å². The molecule has 2 aliphatic heterocycles. The molecule has 1 fully saturated rings. The van der Waals surface area contributed by atoms with Crippen molar-refractivity contribution in [3.8, 4) is 0 Å². The number of hydrogen-bond acceptors (Lipinski definition) is 3. The number of thioether (sulfide) groups is 1. The Morgan fingerprint density at radius 2 is 2.42 bits per heavy atom. The predicted molar refractivity (Wildman–Crippen MR) is 79.6 cm³/mol. The van der Waals surface area contributed by atoms with Crippen LogP contribution in [0.5, 0.6) is 0 Å². The van der Waals surface area contributed by atoms with Gasteiger partial charge in [0.05, 0.1) is 0 Å². The number of rotatable bonds is 3. The number of fused-ring (bicyclic) bond motifs is 1. The Balaban J connectivity index is 1.68. The fraction of sp³-hybridized carbons (Fsp3) is 0.533. The maximum atomic E-state index is 12.3. The zero-order valence-electron chi connectivity index (χ0n) is 11.1. The summed E-state index contributed by atoms with van der Waals surface area (Å²) in [5.74, 6) is 3.20. The Kier molecular flexibility index (Phi) is 4.09. The van der Waals surface area contributed by atoms with Crippen molar-refractivity contribution in [2.24, 2.45) is 5.92 Å². The summed E-state index contributed by atoms with van der Waals surface area (Å²) in [7, 11) is 0. The summed E-state index contributed by atoms with van der Waals surface area (Å²) in [6, 6.07) is 6.07. The lowest BCUT2D eigenvalue weighted by Gasteiger charge is -2.20. The highest BCUT2D eigenvalue weighted by Crippen LogP contribution is 2.23. The van der Waals surface area contributed by atoms with Crippen LogP contribution in [0.15, 0.2) is 18.2 Å². The van der Waals surface area contributed by atoms with Gasteiger partial charge in [-0.25, -0.2) is 0 Å². The highest BCUT2D eigenvalue weighted by atomic mass is 32.2. The fourth-order valence-electron chi connectivity index (χ4n) is 2.82. The van der Waals surface area contributed by atoms with Crippen LogP contribution in [0.1, 0.15) is 27.9 Å². The molecule has 4 heteroatoms. The van der Waals surface area contributed by atoms with Crippen LogP contribution in [-0.4, -0.2) is 30.5 Å². The average Bonchev–Trinajstić information content (AvgIpc) is 2.97. The van der Waals surface area contributed by atoms with Gasteiger partial charge in [0.15, 0.2) is 0 Å². The van der Waals surface area contributed by atoms with Gasteiger partial charge in [0.1, 0.15) is 0 Å². The zero-order valence-corrected chi connectivity index (χ0v) is 11.9. The Morgan fingerprint density at radius 3 is 3.26 bits per heavy atom. The maximum Gasteiger partial charge on any atom is 0.251 e. The Morgan fingerprint density at radius 1 is 1.47 bits per heavy atom. The second kappa shape index (κ2) is 5.97. The van der Waals surface area contributed by atoms with Crippen molar-refractivity contribution in [1.29, 1.82) is 0 Å². The van der Waals surface area contributed by atoms with Crippen molar-refractivity contribution in [3.05, 3.63) is 34.9 Å². The summed E-state index contributed by atoms with van der Waals surface area (Å²) in [6.07, 6.45) is 2.19. The van der Waals surface area contributed by atoms with Crippen LogP contribution in [-0.2, 0) is 13.0 Å². The van der Waals surface area contributed by atoms with Crippen LogP contribution < -0.4 is 10.6 Å². The first-order chi connectivity index (χ1) is 9.34. The molecule has 2 heterocycles. The van der Waals surface area contributed by atoms with Gasteiger partial charge in [0.2, 0.25) is 0 Å². The molecule has 3 nitrogen and oxygen atoms in total. The van der Waals surface area contributed by atoms with E-state index in [0.29, 0.717) is 5.92 Å². The van der Waals surface area contributed by atoms with Crippen LogP contribution in [0.25, 0.3) is 0 Å². The van der Waals surface area contributed by atoms with Gasteiger partial charge in [0.25, 0.3) is 5.91 Å². The maximum absolute atomic E-state index is 12.3. The smallest absolute Gasteiger partial charge is 0.251 e. The third-order valence-corrected chi connectivity index (χ3v) is 5.19. The van der Waals surface area contributed by atoms with Crippen molar-refractivity contribution < 1.29 is 4.79 Å². The lowest BCUT2D eigenvalue weighted by molar-refractivity contribution is 0.0947. The number of benzene rings is 1. The molecule has 1 aromatic rings. The zero-order chi connectivity index (χ0) is 13.1. The molecular formula is C15H20N2OS. The SMILES string of the molecule is O=C(NCC1CCSC1)c1cccc2c1CCNC2. The molecule has 1 amide bonds. The van der Waals surface area contributed by atoms with E-state index in [-0.39, 0.29) is 5.91 Å². The van der Waals surface area contributed by atoms with Crippen LogP contribution in [0.3, 0.4) is 0 Å². The molecular weight excluding hydrogens is 256 g/mol. The first-order valence-corrected chi connectivity index (χ1v) is 8.17. The minimum atomic E-state index is 0.107. The largest absolute Gasteiger partial charge is 0.352 e. The summed E-state index contributed by atoms with van der Waals surface area (Å²) in [5.41, 5.74) is 3.39. The summed E-state index contributed by atoms with van der Waals surface area (Å²) < 4.78 is 0. The molecule has 1 saturated heterocycles. The second-order valence-corrected chi connectivity index (χ2v) is 6.46. The van der Waals surface area contributed by atoms with Crippen molar-refractivity contribution in [1.82, 2.24) is 10.6 Å². The number of carbonyl (C=O) groups is 1. The molecule has 2 N–H and O–H groups in total. The van der Waals surface area contributed by atoms with Crippen molar-refractivity contribution in [2.45, 2.75) is 19.4 Å². The van der Waals surface area contributed by atoms with Gasteiger partial charge in [0, 0.05) is 18.7 Å². The number of carbonyl (C=O) groups excluding carboxylic acids is 1. The monoisotopic (exact) mass is 276 g/mol. The summed E-state index contributed by atoms with van der Waals surface area (Å²) >= 11 is 1.99. The van der Waals surface area contributed by atoms with E-state index in [1.807, 2.05) is 23.9 Å². The summed E-state index contributed by atoms with van der Waals surface area (Å²) in [6.45, 7) is 2.68. The van der Waals surface area contributed by atoms with Crippen LogP contribution in [0.2, 0.25) is 0 Å². The van der Waals surface area contributed by atoms with Crippen LogP contribution in [0.4, 0.5) is 0 Å². The Bertz CT molecular complexity index is 469. The van der Waals surface area contributed by atoms with Crippen molar-refractivity contribution >= 4 is 17.7 Å². The standard InChI is InChI=1S/C15H20N2OS/c18-15(17-8-11-5-7-19-10-11)14-3-1-2-12-9-16-6-4-13(12)14/h1-3,11,16H,4-10H2,(H,17,18). The van der Waals surface area contributed by atoms with E-state index in [1.54, 1.807) is 0 Å². The normalized spacial score (nSPS) is 22.0. The van der Waals surface area contributed by atoms with Gasteiger partial charge in [-0.1, -0.05) is 12.1 Å². The highest BCUT2D eigenvalue weighted by molar-refractivity contribution is 7.99. The molecule has 1 atom stereocenters. The number of nitrogens with one attached hydrogen (secondary N) is 2. The molecule has 3 rings (SSSR count). The van der Waals surface area contributed by atoms with E-state index in [9.17, 15) is 4.79 Å². The predicted octanol–water partition coefficient (Wildman–Crippen LogP) is 1.82. The topological polar surface area (TPSA) is 41.1 Å². The van der Waals surface area contributed by atoms with E-state index in [2.05, 4.69) is 16.7 Å². The van der Waals surface area contributed by atoms with E-state index in [1.165, 1.54) is 29.1 Å². The third kappa shape index (κ3) is 2.95. The van der Waals surface area contributed by atoms with Gasteiger partial charge in [-0.3, -0.25) is 4.79 Å². The average molecular weight is 276 g/mol. The fourth-order valence-corrected chi connectivity index (χ4v) is 4.11. The Labute approximate surface area is 118 Å². The second-order valence-electron chi connectivity index (χ2n) is 5.31. The highest BCUT2D eigenvalue weighted by Gasteiger charge is 2.19. The van der Waals surface area contributed by atoms with Gasteiger partial charge < -0.3 is 10.6 Å². The lowest BCUT2D eigenvalue weighted by atomic mass is 9.95.